The second-order valence-electron chi connectivity index (χ2n) is 10.5. The summed E-state index contributed by atoms with van der Waals surface area (Å²) < 4.78 is 5.22. The Balaban J connectivity index is 0.000000303. The molecule has 8 heteroatoms. The van der Waals surface area contributed by atoms with Gasteiger partial charge in [0, 0.05) is 43.3 Å². The van der Waals surface area contributed by atoms with Crippen molar-refractivity contribution < 1.29 is 14.6 Å². The highest BCUT2D eigenvalue weighted by atomic mass is 35.5. The van der Waals surface area contributed by atoms with Crippen molar-refractivity contribution in [2.24, 2.45) is 10.4 Å². The highest BCUT2D eigenvalue weighted by Crippen LogP contribution is 2.48. The quantitative estimate of drug-likeness (QED) is 0.541. The first-order chi connectivity index (χ1) is 17.2. The summed E-state index contributed by atoms with van der Waals surface area (Å²) in [5.74, 6) is 0.0639. The summed E-state index contributed by atoms with van der Waals surface area (Å²) in [6.45, 7) is 13.3. The largest absolute Gasteiger partial charge is 0.508 e. The Morgan fingerprint density at radius 1 is 1.19 bits per heavy atom. The number of phenolic OH excluding ortho intramolecular Hbond substituents is 1. The number of ether oxygens (including phenoxy) is 1. The first-order valence-electron chi connectivity index (χ1n) is 12.5. The number of rotatable bonds is 7. The SMILES string of the molecule is CC(C)(C)CN1C=N[C@](C=O)(c2ccccc2)[C@@H]1c1ccc(Cl)cc1O.CNCCN1CCOCC1. The van der Waals surface area contributed by atoms with Crippen LogP contribution in [0.3, 0.4) is 0 Å². The number of aromatic hydroxyl groups is 1. The third kappa shape index (κ3) is 7.07. The zero-order valence-electron chi connectivity index (χ0n) is 21.8. The van der Waals surface area contributed by atoms with E-state index >= 15 is 0 Å². The van der Waals surface area contributed by atoms with Crippen molar-refractivity contribution in [3.8, 4) is 5.75 Å². The van der Waals surface area contributed by atoms with Crippen LogP contribution in [0, 0.1) is 5.41 Å². The van der Waals surface area contributed by atoms with E-state index < -0.39 is 11.6 Å². The van der Waals surface area contributed by atoms with Crippen molar-refractivity contribution in [3.05, 3.63) is 64.7 Å². The van der Waals surface area contributed by atoms with E-state index in [1.807, 2.05) is 42.3 Å². The Hall–Kier alpha value is -2.45. The van der Waals surface area contributed by atoms with Crippen LogP contribution in [0.5, 0.6) is 5.75 Å². The van der Waals surface area contributed by atoms with Gasteiger partial charge in [-0.05, 0) is 30.2 Å². The van der Waals surface area contributed by atoms with Gasteiger partial charge >= 0.3 is 0 Å². The molecule has 196 valence electrons. The number of aldehydes is 1. The number of nitrogens with one attached hydrogen (secondary N) is 1. The maximum Gasteiger partial charge on any atom is 0.167 e. The zero-order valence-corrected chi connectivity index (χ0v) is 22.5. The second kappa shape index (κ2) is 12.7. The first kappa shape index (κ1) is 28.1. The van der Waals surface area contributed by atoms with Crippen molar-refractivity contribution in [1.29, 1.82) is 0 Å². The lowest BCUT2D eigenvalue weighted by molar-refractivity contribution is -0.113. The molecule has 2 heterocycles. The van der Waals surface area contributed by atoms with E-state index in [2.05, 4.69) is 36.0 Å². The second-order valence-corrected chi connectivity index (χ2v) is 10.9. The molecule has 2 aliphatic rings. The molecule has 0 radical (unpaired) electrons. The van der Waals surface area contributed by atoms with Crippen molar-refractivity contribution >= 4 is 24.2 Å². The van der Waals surface area contributed by atoms with Gasteiger partial charge in [-0.25, -0.2) is 0 Å². The van der Waals surface area contributed by atoms with E-state index in [1.165, 1.54) is 6.07 Å². The van der Waals surface area contributed by atoms with Gasteiger partial charge in [-0.15, -0.1) is 0 Å². The molecule has 0 saturated carbocycles. The molecule has 2 N–H and O–H groups in total. The number of nitrogens with zero attached hydrogens (tertiary/aromatic N) is 3. The molecule has 7 nitrogen and oxygen atoms in total. The molecule has 2 aromatic rings. The number of carbonyl (C=O) groups is 1. The van der Waals surface area contributed by atoms with Crippen molar-refractivity contribution in [1.82, 2.24) is 15.1 Å². The number of halogens is 1. The Labute approximate surface area is 220 Å². The van der Waals surface area contributed by atoms with Crippen LogP contribution in [0.25, 0.3) is 0 Å². The fourth-order valence-electron chi connectivity index (χ4n) is 4.60. The highest BCUT2D eigenvalue weighted by Gasteiger charge is 2.49. The van der Waals surface area contributed by atoms with Gasteiger partial charge in [0.2, 0.25) is 0 Å². The average molecular weight is 515 g/mol. The summed E-state index contributed by atoms with van der Waals surface area (Å²) in [6.07, 6.45) is 2.60. The topological polar surface area (TPSA) is 77.4 Å². The third-order valence-electron chi connectivity index (χ3n) is 6.31. The van der Waals surface area contributed by atoms with Gasteiger partial charge < -0.3 is 24.9 Å². The predicted octanol–water partition coefficient (Wildman–Crippen LogP) is 4.11. The van der Waals surface area contributed by atoms with Gasteiger partial charge in [0.15, 0.2) is 11.8 Å². The molecule has 1 saturated heterocycles. The standard InChI is InChI=1S/C21H23ClN2O2.C7H16N2O/c1-20(2,3)12-24-14-23-21(13-25,15-7-5-4-6-8-15)19(24)17-10-9-16(22)11-18(17)26;1-8-2-3-9-4-6-10-7-5-9/h4-11,13-14,19,26H,12H2,1-3H3;8H,2-7H2,1H3/t19-,21+;/m0./s1. The number of phenols is 1. The molecule has 0 bridgehead atoms. The van der Waals surface area contributed by atoms with Crippen molar-refractivity contribution in [3.63, 3.8) is 0 Å². The minimum Gasteiger partial charge on any atom is -0.508 e. The van der Waals surface area contributed by atoms with E-state index in [0.29, 0.717) is 17.1 Å². The van der Waals surface area contributed by atoms with Crippen molar-refractivity contribution in [2.75, 3.05) is 53.0 Å². The average Bonchev–Trinajstić information content (AvgIpc) is 3.22. The minimum absolute atomic E-state index is 0.0119. The first-order valence-corrected chi connectivity index (χ1v) is 12.8. The fraction of sp³-hybridized carbons (Fsp3) is 0.500. The fourth-order valence-corrected chi connectivity index (χ4v) is 4.76. The Morgan fingerprint density at radius 3 is 2.47 bits per heavy atom. The maximum atomic E-state index is 12.4. The number of carbonyl (C=O) groups excluding carboxylic acids is 1. The monoisotopic (exact) mass is 514 g/mol. The van der Waals surface area contributed by atoms with E-state index in [9.17, 15) is 9.90 Å². The molecule has 0 aliphatic carbocycles. The summed E-state index contributed by atoms with van der Waals surface area (Å²) >= 11 is 6.01. The van der Waals surface area contributed by atoms with Gasteiger partial charge in [-0.2, -0.15) is 0 Å². The van der Waals surface area contributed by atoms with Crippen LogP contribution >= 0.6 is 11.6 Å². The number of hydrogen-bond donors (Lipinski definition) is 2. The molecule has 0 amide bonds. The normalized spacial score (nSPS) is 22.2. The lowest BCUT2D eigenvalue weighted by atomic mass is 9.80. The smallest absolute Gasteiger partial charge is 0.167 e. The van der Waals surface area contributed by atoms with Gasteiger partial charge in [0.05, 0.1) is 25.6 Å². The Bertz CT molecular complexity index is 1010. The summed E-state index contributed by atoms with van der Waals surface area (Å²) in [7, 11) is 1.99. The number of aliphatic imine (C=N–C) groups is 1. The van der Waals surface area contributed by atoms with Gasteiger partial charge in [0.1, 0.15) is 5.75 Å². The summed E-state index contributed by atoms with van der Waals surface area (Å²) in [6, 6.07) is 14.0. The lowest BCUT2D eigenvalue weighted by Gasteiger charge is -2.37. The van der Waals surface area contributed by atoms with Crippen LogP contribution in [0.2, 0.25) is 5.02 Å². The van der Waals surface area contributed by atoms with E-state index in [1.54, 1.807) is 18.5 Å². The maximum absolute atomic E-state index is 12.4. The Kier molecular flexibility index (Phi) is 9.91. The highest BCUT2D eigenvalue weighted by molar-refractivity contribution is 6.30. The Morgan fingerprint density at radius 2 is 1.89 bits per heavy atom. The number of benzene rings is 2. The van der Waals surface area contributed by atoms with Crippen LogP contribution in [0.4, 0.5) is 0 Å². The molecule has 4 rings (SSSR count). The van der Waals surface area contributed by atoms with E-state index in [0.717, 1.165) is 51.2 Å². The van der Waals surface area contributed by atoms with E-state index in [4.69, 9.17) is 16.3 Å². The molecular formula is C28H39ClN4O3. The molecule has 36 heavy (non-hydrogen) atoms. The van der Waals surface area contributed by atoms with Crippen molar-refractivity contribution in [2.45, 2.75) is 32.4 Å². The van der Waals surface area contributed by atoms with Crippen LogP contribution in [0.15, 0.2) is 53.5 Å². The van der Waals surface area contributed by atoms with Gasteiger partial charge in [-0.3, -0.25) is 9.89 Å². The third-order valence-corrected chi connectivity index (χ3v) is 6.54. The molecule has 0 unspecified atom stereocenters. The molecule has 2 aromatic carbocycles. The minimum atomic E-state index is -1.11. The lowest BCUT2D eigenvalue weighted by Crippen LogP contribution is -2.41. The molecule has 2 atom stereocenters. The van der Waals surface area contributed by atoms with Crippen LogP contribution in [-0.4, -0.2) is 80.5 Å². The van der Waals surface area contributed by atoms with Gasteiger partial charge in [-0.1, -0.05) is 68.8 Å². The number of likely N-dealkylation sites (N-methyl/N-ethyl adjacent to an activating group) is 1. The van der Waals surface area contributed by atoms with Gasteiger partial charge in [0.25, 0.3) is 0 Å². The predicted molar refractivity (Wildman–Crippen MR) is 146 cm³/mol. The van der Waals surface area contributed by atoms with E-state index in [-0.39, 0.29) is 11.2 Å². The molecule has 0 aromatic heterocycles. The molecule has 1 fully saturated rings. The molecule has 2 aliphatic heterocycles. The summed E-state index contributed by atoms with van der Waals surface area (Å²) in [5, 5.41) is 14.1. The van der Waals surface area contributed by atoms with Crippen LogP contribution < -0.4 is 5.32 Å². The van der Waals surface area contributed by atoms with Crippen LogP contribution in [-0.2, 0) is 15.1 Å². The van der Waals surface area contributed by atoms with Crippen LogP contribution in [0.1, 0.15) is 37.9 Å². The zero-order chi connectivity index (χ0) is 26.2. The molecular weight excluding hydrogens is 476 g/mol. The summed E-state index contributed by atoms with van der Waals surface area (Å²) in [4.78, 5) is 21.4. The number of morpholine rings is 1. The molecule has 0 spiro atoms. The number of hydrogen-bond acceptors (Lipinski definition) is 7. The summed E-state index contributed by atoms with van der Waals surface area (Å²) in [5.41, 5.74) is 0.300.